The highest BCUT2D eigenvalue weighted by atomic mass is 32.2. The van der Waals surface area contributed by atoms with Gasteiger partial charge in [-0.25, -0.2) is 0 Å². The monoisotopic (exact) mass is 295 g/mol. The Balaban J connectivity index is 2.34. The molecule has 0 spiro atoms. The summed E-state index contributed by atoms with van der Waals surface area (Å²) in [6.45, 7) is 1.78. The fourth-order valence-corrected chi connectivity index (χ4v) is 1.96. The van der Waals surface area contributed by atoms with Gasteiger partial charge >= 0.3 is 5.97 Å². The molecule has 1 aromatic heterocycles. The molecular formula is C11H9N3O5S. The summed E-state index contributed by atoms with van der Waals surface area (Å²) in [5.41, 5.74) is 0.877. The first-order valence-corrected chi connectivity index (χ1v) is 6.39. The van der Waals surface area contributed by atoms with E-state index in [4.69, 9.17) is 9.52 Å². The molecule has 0 radical (unpaired) electrons. The van der Waals surface area contributed by atoms with Gasteiger partial charge in [0.2, 0.25) is 0 Å². The number of hydrogen-bond donors (Lipinski definition) is 1. The average Bonchev–Trinajstić information content (AvgIpc) is 2.84. The number of nitro benzene ring substituents is 1. The highest BCUT2D eigenvalue weighted by Gasteiger charge is 2.20. The van der Waals surface area contributed by atoms with Gasteiger partial charge in [-0.1, -0.05) is 17.8 Å². The lowest BCUT2D eigenvalue weighted by atomic mass is 10.1. The van der Waals surface area contributed by atoms with Gasteiger partial charge in [0.1, 0.15) is 11.3 Å². The van der Waals surface area contributed by atoms with E-state index in [0.717, 1.165) is 17.3 Å². The van der Waals surface area contributed by atoms with Crippen molar-refractivity contribution < 1.29 is 19.2 Å². The maximum atomic E-state index is 11.0. The maximum Gasteiger partial charge on any atom is 0.314 e. The summed E-state index contributed by atoms with van der Waals surface area (Å²) in [5.74, 6) is -1.25. The highest BCUT2D eigenvalue weighted by Crippen LogP contribution is 2.31. The van der Waals surface area contributed by atoms with Gasteiger partial charge in [0.05, 0.1) is 4.92 Å². The number of nitrogens with zero attached hydrogens (tertiary/aromatic N) is 3. The van der Waals surface area contributed by atoms with Gasteiger partial charge in [0.15, 0.2) is 0 Å². The lowest BCUT2D eigenvalue weighted by molar-refractivity contribution is -0.384. The Labute approximate surface area is 117 Å². The number of hydrogen-bond acceptors (Lipinski definition) is 7. The molecular weight excluding hydrogens is 286 g/mol. The Hall–Kier alpha value is -2.42. The Morgan fingerprint density at radius 3 is 2.90 bits per heavy atom. The van der Waals surface area contributed by atoms with Crippen molar-refractivity contribution in [2.45, 2.75) is 12.1 Å². The van der Waals surface area contributed by atoms with Crippen LogP contribution in [0.2, 0.25) is 0 Å². The minimum absolute atomic E-state index is 0.00621. The number of carboxylic acids is 1. The van der Waals surface area contributed by atoms with Crippen LogP contribution in [-0.4, -0.2) is 31.9 Å². The summed E-state index contributed by atoms with van der Waals surface area (Å²) in [6.07, 6.45) is 0. The van der Waals surface area contributed by atoms with Crippen LogP contribution in [0.5, 0.6) is 0 Å². The number of aromatic nitrogens is 2. The lowest BCUT2D eigenvalue weighted by Crippen LogP contribution is -1.97. The van der Waals surface area contributed by atoms with Crippen LogP contribution in [0, 0.1) is 17.0 Å². The van der Waals surface area contributed by atoms with Gasteiger partial charge in [0, 0.05) is 6.07 Å². The predicted molar refractivity (Wildman–Crippen MR) is 69.5 cm³/mol. The zero-order chi connectivity index (χ0) is 14.7. The van der Waals surface area contributed by atoms with Crippen LogP contribution >= 0.6 is 11.8 Å². The molecule has 20 heavy (non-hydrogen) atoms. The second-order valence-electron chi connectivity index (χ2n) is 3.83. The van der Waals surface area contributed by atoms with Gasteiger partial charge < -0.3 is 9.52 Å². The van der Waals surface area contributed by atoms with Crippen molar-refractivity contribution in [1.82, 2.24) is 10.2 Å². The first-order chi connectivity index (χ1) is 9.47. The molecule has 0 bridgehead atoms. The van der Waals surface area contributed by atoms with E-state index in [2.05, 4.69) is 10.2 Å². The average molecular weight is 295 g/mol. The number of carbonyl (C=O) groups is 1. The van der Waals surface area contributed by atoms with Gasteiger partial charge in [-0.15, -0.1) is 10.2 Å². The second-order valence-corrected chi connectivity index (χ2v) is 4.76. The van der Waals surface area contributed by atoms with E-state index in [0.29, 0.717) is 0 Å². The Bertz CT molecular complexity index is 670. The van der Waals surface area contributed by atoms with Crippen molar-refractivity contribution in [3.05, 3.63) is 33.9 Å². The molecule has 0 saturated carbocycles. The second kappa shape index (κ2) is 5.70. The number of rotatable bonds is 5. The number of nitro groups is 1. The minimum Gasteiger partial charge on any atom is -0.481 e. The fourth-order valence-electron chi connectivity index (χ4n) is 1.48. The molecule has 2 aromatic rings. The SMILES string of the molecule is Cc1ccc([N+](=O)[O-])c(-c2nnc(SCC(=O)O)o2)c1. The molecule has 9 heteroatoms. The lowest BCUT2D eigenvalue weighted by Gasteiger charge is -1.99. The van der Waals surface area contributed by atoms with Crippen molar-refractivity contribution >= 4 is 23.4 Å². The smallest absolute Gasteiger partial charge is 0.314 e. The van der Waals surface area contributed by atoms with Crippen LogP contribution < -0.4 is 0 Å². The standard InChI is InChI=1S/C11H9N3O5S/c1-6-2-3-8(14(17)18)7(4-6)10-12-13-11(19-10)20-5-9(15)16/h2-4H,5H2,1H3,(H,15,16). The molecule has 0 aliphatic heterocycles. The molecule has 104 valence electrons. The number of aryl methyl sites for hydroxylation is 1. The first kappa shape index (κ1) is 14.0. The minimum atomic E-state index is -1.02. The number of carboxylic acid groups (broad SMARTS) is 1. The highest BCUT2D eigenvalue weighted by molar-refractivity contribution is 7.99. The molecule has 2 rings (SSSR count). The predicted octanol–water partition coefficient (Wildman–Crippen LogP) is 2.13. The summed E-state index contributed by atoms with van der Waals surface area (Å²) in [5, 5.41) is 26.9. The van der Waals surface area contributed by atoms with E-state index >= 15 is 0 Å². The van der Waals surface area contributed by atoms with Crippen LogP contribution in [0.4, 0.5) is 5.69 Å². The molecule has 0 fully saturated rings. The van der Waals surface area contributed by atoms with Gasteiger partial charge in [-0.2, -0.15) is 0 Å². The molecule has 1 N–H and O–H groups in total. The molecule has 1 aromatic carbocycles. The summed E-state index contributed by atoms with van der Waals surface area (Å²) in [4.78, 5) is 20.9. The normalized spacial score (nSPS) is 10.4. The molecule has 0 unspecified atom stereocenters. The number of thioether (sulfide) groups is 1. The summed E-state index contributed by atoms with van der Waals surface area (Å²) >= 11 is 0.853. The van der Waals surface area contributed by atoms with E-state index in [1.165, 1.54) is 6.07 Å². The first-order valence-electron chi connectivity index (χ1n) is 5.41. The fraction of sp³-hybridized carbons (Fsp3) is 0.182. The third-order valence-corrected chi connectivity index (χ3v) is 3.11. The largest absolute Gasteiger partial charge is 0.481 e. The van der Waals surface area contributed by atoms with Crippen LogP contribution in [0.1, 0.15) is 5.56 Å². The Kier molecular flexibility index (Phi) is 3.99. The Morgan fingerprint density at radius 2 is 2.25 bits per heavy atom. The summed E-state index contributed by atoms with van der Waals surface area (Å²) < 4.78 is 5.24. The van der Waals surface area contributed by atoms with Crippen LogP contribution in [0.25, 0.3) is 11.5 Å². The van der Waals surface area contributed by atoms with Gasteiger partial charge in [-0.05, 0) is 18.6 Å². The van der Waals surface area contributed by atoms with E-state index in [9.17, 15) is 14.9 Å². The van der Waals surface area contributed by atoms with Crippen LogP contribution in [-0.2, 0) is 4.79 Å². The number of aliphatic carboxylic acids is 1. The number of benzene rings is 1. The van der Waals surface area contributed by atoms with Gasteiger partial charge in [0.25, 0.3) is 16.8 Å². The third kappa shape index (κ3) is 3.12. The van der Waals surface area contributed by atoms with Crippen LogP contribution in [0.3, 0.4) is 0 Å². The van der Waals surface area contributed by atoms with Crippen molar-refractivity contribution in [3.63, 3.8) is 0 Å². The van der Waals surface area contributed by atoms with Crippen molar-refractivity contribution in [2.24, 2.45) is 0 Å². The molecule has 0 atom stereocenters. The summed E-state index contributed by atoms with van der Waals surface area (Å²) in [7, 11) is 0. The maximum absolute atomic E-state index is 11.0. The van der Waals surface area contributed by atoms with Crippen molar-refractivity contribution in [1.29, 1.82) is 0 Å². The van der Waals surface area contributed by atoms with Gasteiger partial charge in [-0.3, -0.25) is 14.9 Å². The van der Waals surface area contributed by atoms with E-state index in [1.54, 1.807) is 19.1 Å². The molecule has 0 aliphatic carbocycles. The van der Waals surface area contributed by atoms with Crippen LogP contribution in [0.15, 0.2) is 27.8 Å². The van der Waals surface area contributed by atoms with E-state index < -0.39 is 10.9 Å². The Morgan fingerprint density at radius 1 is 1.50 bits per heavy atom. The zero-order valence-electron chi connectivity index (χ0n) is 10.3. The zero-order valence-corrected chi connectivity index (χ0v) is 11.1. The third-order valence-electron chi connectivity index (χ3n) is 2.30. The van der Waals surface area contributed by atoms with Crippen molar-refractivity contribution in [3.8, 4) is 11.5 Å². The summed E-state index contributed by atoms with van der Waals surface area (Å²) in [6, 6.07) is 4.54. The molecule has 8 nitrogen and oxygen atoms in total. The van der Waals surface area contributed by atoms with E-state index in [1.807, 2.05) is 0 Å². The van der Waals surface area contributed by atoms with Crippen molar-refractivity contribution in [2.75, 3.05) is 5.75 Å². The molecule has 0 amide bonds. The molecule has 0 saturated heterocycles. The molecule has 1 heterocycles. The van der Waals surface area contributed by atoms with E-state index in [-0.39, 0.29) is 28.1 Å². The quantitative estimate of drug-likeness (QED) is 0.506. The topological polar surface area (TPSA) is 119 Å². The molecule has 0 aliphatic rings.